The van der Waals surface area contributed by atoms with Gasteiger partial charge in [-0.2, -0.15) is 0 Å². The topological polar surface area (TPSA) is 71.1 Å². The molecule has 0 aliphatic rings. The Labute approximate surface area is 165 Å². The Morgan fingerprint density at radius 3 is 2.41 bits per heavy atom. The third-order valence-corrected chi connectivity index (χ3v) is 4.54. The third-order valence-electron chi connectivity index (χ3n) is 3.53. The molecule has 2 N–H and O–H groups in total. The molecule has 0 spiro atoms. The number of carbonyl (C=O) groups excluding carboxylic acids is 2. The number of hydrogen-bond acceptors (Lipinski definition) is 4. The minimum Gasteiger partial charge on any atom is -0.326 e. The van der Waals surface area contributed by atoms with Crippen LogP contribution in [0.15, 0.2) is 60.0 Å². The summed E-state index contributed by atoms with van der Waals surface area (Å²) < 4.78 is 0. The lowest BCUT2D eigenvalue weighted by Gasteiger charge is -2.01. The highest BCUT2D eigenvalue weighted by molar-refractivity contribution is 7.14. The number of hydrogen-bond donors (Lipinski definition) is 2. The van der Waals surface area contributed by atoms with Crippen molar-refractivity contribution in [2.24, 2.45) is 0 Å². The number of benzene rings is 2. The average Bonchev–Trinajstić information content (AvgIpc) is 3.09. The first-order valence-corrected chi connectivity index (χ1v) is 9.33. The highest BCUT2D eigenvalue weighted by Gasteiger charge is 2.06. The van der Waals surface area contributed by atoms with Gasteiger partial charge in [0.1, 0.15) is 0 Å². The number of halogens is 1. The van der Waals surface area contributed by atoms with E-state index in [2.05, 4.69) is 15.6 Å². The molecule has 0 aliphatic heterocycles. The van der Waals surface area contributed by atoms with Crippen molar-refractivity contribution in [2.75, 3.05) is 10.6 Å². The van der Waals surface area contributed by atoms with Crippen LogP contribution in [0, 0.1) is 0 Å². The van der Waals surface area contributed by atoms with Crippen molar-refractivity contribution < 1.29 is 9.59 Å². The van der Waals surface area contributed by atoms with Gasteiger partial charge in [-0.15, -0.1) is 11.3 Å². The van der Waals surface area contributed by atoms with Gasteiger partial charge in [0.25, 0.3) is 0 Å². The van der Waals surface area contributed by atoms with Gasteiger partial charge >= 0.3 is 0 Å². The van der Waals surface area contributed by atoms with Crippen LogP contribution in [0.4, 0.5) is 10.8 Å². The number of carbonyl (C=O) groups is 2. The first kappa shape index (κ1) is 18.8. The Bertz CT molecular complexity index is 979. The molecule has 0 bridgehead atoms. The second kappa shape index (κ2) is 8.62. The van der Waals surface area contributed by atoms with Crippen LogP contribution in [-0.2, 0) is 9.59 Å². The molecule has 2 aromatic carbocycles. The molecule has 0 unspecified atom stereocenters. The van der Waals surface area contributed by atoms with Crippen LogP contribution in [0.25, 0.3) is 17.3 Å². The molecule has 2 amide bonds. The molecule has 0 radical (unpaired) electrons. The maximum Gasteiger partial charge on any atom is 0.250 e. The number of aromatic nitrogens is 1. The molecule has 0 fully saturated rings. The maximum absolute atomic E-state index is 12.1. The normalized spacial score (nSPS) is 10.7. The van der Waals surface area contributed by atoms with Crippen LogP contribution in [-0.4, -0.2) is 16.8 Å². The molecule has 0 atom stereocenters. The standard InChI is InChI=1S/C20H16ClN3O2S/c1-13(25)22-17-9-2-14(3-10-17)4-11-19(26)24-20-23-18(12-27-20)15-5-7-16(21)8-6-15/h2-12H,1H3,(H,22,25)(H,23,24,26)/b11-4+. The Kier molecular flexibility index (Phi) is 6.01. The Morgan fingerprint density at radius 1 is 1.04 bits per heavy atom. The van der Waals surface area contributed by atoms with E-state index in [1.807, 2.05) is 29.6 Å². The highest BCUT2D eigenvalue weighted by atomic mass is 35.5. The summed E-state index contributed by atoms with van der Waals surface area (Å²) in [5.41, 5.74) is 3.28. The second-order valence-corrected chi connectivity index (χ2v) is 6.97. The van der Waals surface area contributed by atoms with E-state index in [4.69, 9.17) is 11.6 Å². The highest BCUT2D eigenvalue weighted by Crippen LogP contribution is 2.26. The van der Waals surface area contributed by atoms with E-state index in [1.165, 1.54) is 24.3 Å². The van der Waals surface area contributed by atoms with E-state index < -0.39 is 0 Å². The lowest BCUT2D eigenvalue weighted by atomic mass is 10.2. The van der Waals surface area contributed by atoms with Crippen LogP contribution in [0.2, 0.25) is 5.02 Å². The van der Waals surface area contributed by atoms with Gasteiger partial charge in [-0.1, -0.05) is 35.9 Å². The summed E-state index contributed by atoms with van der Waals surface area (Å²) in [4.78, 5) is 27.5. The molecule has 3 aromatic rings. The Balaban J connectivity index is 1.60. The van der Waals surface area contributed by atoms with Gasteiger partial charge < -0.3 is 5.32 Å². The van der Waals surface area contributed by atoms with Crippen LogP contribution in [0.5, 0.6) is 0 Å². The lowest BCUT2D eigenvalue weighted by molar-refractivity contribution is -0.114. The summed E-state index contributed by atoms with van der Waals surface area (Å²) in [6, 6.07) is 14.6. The SMILES string of the molecule is CC(=O)Nc1ccc(/C=C/C(=O)Nc2nc(-c3ccc(Cl)cc3)cs2)cc1. The second-order valence-electron chi connectivity index (χ2n) is 5.67. The van der Waals surface area contributed by atoms with Crippen molar-refractivity contribution in [2.45, 2.75) is 6.92 Å². The van der Waals surface area contributed by atoms with Gasteiger partial charge in [0.2, 0.25) is 11.8 Å². The minimum atomic E-state index is -0.266. The van der Waals surface area contributed by atoms with Crippen LogP contribution in [0.1, 0.15) is 12.5 Å². The van der Waals surface area contributed by atoms with Crippen molar-refractivity contribution in [1.82, 2.24) is 4.98 Å². The molecule has 1 heterocycles. The molecule has 136 valence electrons. The Hall–Kier alpha value is -2.96. The first-order valence-electron chi connectivity index (χ1n) is 8.08. The zero-order chi connectivity index (χ0) is 19.2. The maximum atomic E-state index is 12.1. The van der Waals surface area contributed by atoms with E-state index in [9.17, 15) is 9.59 Å². The Morgan fingerprint density at radius 2 is 1.74 bits per heavy atom. The minimum absolute atomic E-state index is 0.126. The molecule has 0 saturated carbocycles. The first-order chi connectivity index (χ1) is 13.0. The number of nitrogens with one attached hydrogen (secondary N) is 2. The summed E-state index contributed by atoms with van der Waals surface area (Å²) in [7, 11) is 0. The van der Waals surface area contributed by atoms with Crippen molar-refractivity contribution in [1.29, 1.82) is 0 Å². The smallest absolute Gasteiger partial charge is 0.250 e. The molecule has 0 saturated heterocycles. The summed E-state index contributed by atoms with van der Waals surface area (Å²) in [5.74, 6) is -0.392. The van der Waals surface area contributed by atoms with Gasteiger partial charge in [0.05, 0.1) is 5.69 Å². The van der Waals surface area contributed by atoms with Gasteiger partial charge in [-0.25, -0.2) is 4.98 Å². The molecular weight excluding hydrogens is 382 g/mol. The molecule has 27 heavy (non-hydrogen) atoms. The van der Waals surface area contributed by atoms with Crippen molar-refractivity contribution in [3.8, 4) is 11.3 Å². The summed E-state index contributed by atoms with van der Waals surface area (Å²) in [5, 5.41) is 8.51. The van der Waals surface area contributed by atoms with E-state index in [1.54, 1.807) is 30.3 Å². The molecule has 7 heteroatoms. The van der Waals surface area contributed by atoms with E-state index in [0.717, 1.165) is 16.8 Å². The lowest BCUT2D eigenvalue weighted by Crippen LogP contribution is -2.07. The van der Waals surface area contributed by atoms with Crippen LogP contribution in [0.3, 0.4) is 0 Å². The van der Waals surface area contributed by atoms with Crippen LogP contribution < -0.4 is 10.6 Å². The predicted octanol–water partition coefficient (Wildman–Crippen LogP) is 5.07. The molecule has 3 rings (SSSR count). The monoisotopic (exact) mass is 397 g/mol. The number of amides is 2. The fourth-order valence-corrected chi connectivity index (χ4v) is 3.13. The molecule has 1 aromatic heterocycles. The fraction of sp³-hybridized carbons (Fsp3) is 0.0500. The summed E-state index contributed by atoms with van der Waals surface area (Å²) >= 11 is 7.24. The number of thiazole rings is 1. The summed E-state index contributed by atoms with van der Waals surface area (Å²) in [6.07, 6.45) is 3.14. The number of nitrogens with zero attached hydrogens (tertiary/aromatic N) is 1. The average molecular weight is 398 g/mol. The van der Waals surface area contributed by atoms with Gasteiger partial charge in [-0.3, -0.25) is 14.9 Å². The van der Waals surface area contributed by atoms with Crippen LogP contribution >= 0.6 is 22.9 Å². The van der Waals surface area contributed by atoms with E-state index in [-0.39, 0.29) is 11.8 Å². The zero-order valence-electron chi connectivity index (χ0n) is 14.4. The van der Waals surface area contributed by atoms with Gasteiger partial charge in [-0.05, 0) is 35.9 Å². The summed E-state index contributed by atoms with van der Waals surface area (Å²) in [6.45, 7) is 1.45. The van der Waals surface area contributed by atoms with Crippen molar-refractivity contribution >= 4 is 51.6 Å². The van der Waals surface area contributed by atoms with Crippen molar-refractivity contribution in [3.63, 3.8) is 0 Å². The fourth-order valence-electron chi connectivity index (χ4n) is 2.28. The number of anilines is 2. The quantitative estimate of drug-likeness (QED) is 0.590. The zero-order valence-corrected chi connectivity index (χ0v) is 16.0. The largest absolute Gasteiger partial charge is 0.326 e. The predicted molar refractivity (Wildman–Crippen MR) is 111 cm³/mol. The molecular formula is C20H16ClN3O2S. The van der Waals surface area contributed by atoms with Gasteiger partial charge in [0, 0.05) is 34.7 Å². The molecule has 5 nitrogen and oxygen atoms in total. The van der Waals surface area contributed by atoms with E-state index in [0.29, 0.717) is 15.8 Å². The van der Waals surface area contributed by atoms with E-state index >= 15 is 0 Å². The molecule has 0 aliphatic carbocycles. The van der Waals surface area contributed by atoms with Gasteiger partial charge in [0.15, 0.2) is 5.13 Å². The number of rotatable bonds is 5. The third kappa shape index (κ3) is 5.51. The van der Waals surface area contributed by atoms with Crippen molar-refractivity contribution in [3.05, 3.63) is 70.6 Å².